The third kappa shape index (κ3) is 8.02. The second-order valence-electron chi connectivity index (χ2n) is 10.7. The molecule has 0 saturated carbocycles. The minimum atomic E-state index is 0.188. The fourth-order valence-corrected chi connectivity index (χ4v) is 5.46. The van der Waals surface area contributed by atoms with E-state index in [1.807, 2.05) is 59.5 Å². The summed E-state index contributed by atoms with van der Waals surface area (Å²) in [6.45, 7) is 2.27. The summed E-state index contributed by atoms with van der Waals surface area (Å²) >= 11 is 11.8. The molecule has 1 fully saturated rings. The van der Waals surface area contributed by atoms with E-state index in [1.54, 1.807) is 40.6 Å². The van der Waals surface area contributed by atoms with Crippen molar-refractivity contribution in [3.8, 4) is 45.5 Å². The Hall–Kier alpha value is -5.51. The van der Waals surface area contributed by atoms with Gasteiger partial charge >= 0.3 is 0 Å². The van der Waals surface area contributed by atoms with Gasteiger partial charge in [0.2, 0.25) is 29.5 Å². The number of benzene rings is 3. The van der Waals surface area contributed by atoms with Crippen molar-refractivity contribution in [3.63, 3.8) is 0 Å². The minimum Gasteiger partial charge on any atom is -0.495 e. The number of morpholine rings is 1. The van der Waals surface area contributed by atoms with Gasteiger partial charge in [0.15, 0.2) is 16.6 Å². The van der Waals surface area contributed by atoms with E-state index >= 15 is 0 Å². The number of para-hydroxylation sites is 2. The highest BCUT2D eigenvalue weighted by Gasteiger charge is 2.20. The first-order valence-corrected chi connectivity index (χ1v) is 16.2. The highest BCUT2D eigenvalue weighted by atomic mass is 35.5. The SMILES string of the molecule is COc1ccccc1NC(=S)Nc1nc(Nc2nc(-c3ccc(Cl)cc3)cc(-c3cc(OC)c(OC)c(OC)c3)n2)nc(N2CCOCC2)n1. The number of methoxy groups -OCH3 is 4. The molecule has 3 aromatic carbocycles. The van der Waals surface area contributed by atoms with Gasteiger partial charge in [0.1, 0.15) is 5.75 Å². The maximum absolute atomic E-state index is 6.21. The minimum absolute atomic E-state index is 0.188. The van der Waals surface area contributed by atoms with Crippen molar-refractivity contribution in [1.29, 1.82) is 0 Å². The Balaban J connectivity index is 1.39. The summed E-state index contributed by atoms with van der Waals surface area (Å²) in [4.78, 5) is 25.7. The van der Waals surface area contributed by atoms with Crippen molar-refractivity contribution in [2.75, 3.05) is 75.6 Å². The van der Waals surface area contributed by atoms with Gasteiger partial charge in [-0.05, 0) is 54.7 Å². The summed E-state index contributed by atoms with van der Waals surface area (Å²) in [7, 11) is 6.26. The van der Waals surface area contributed by atoms with Gasteiger partial charge in [-0.3, -0.25) is 5.32 Å². The number of nitrogens with zero attached hydrogens (tertiary/aromatic N) is 6. The van der Waals surface area contributed by atoms with Gasteiger partial charge < -0.3 is 39.2 Å². The van der Waals surface area contributed by atoms with Crippen molar-refractivity contribution in [2.45, 2.75) is 0 Å². The number of hydrogen-bond acceptors (Lipinski definition) is 13. The second kappa shape index (κ2) is 15.8. The molecule has 2 aromatic heterocycles. The van der Waals surface area contributed by atoms with E-state index in [9.17, 15) is 0 Å². The highest BCUT2D eigenvalue weighted by molar-refractivity contribution is 7.80. The van der Waals surface area contributed by atoms with Crippen molar-refractivity contribution >= 4 is 58.4 Å². The van der Waals surface area contributed by atoms with Gasteiger partial charge in [-0.1, -0.05) is 35.9 Å². The standard InChI is InChI=1S/C34H34ClN9O5S/c1-45-26-8-6-5-7-23(26)38-34(50)43-32-40-31(41-33(42-32)44-13-15-49-16-14-44)39-30-36-24(20-9-11-22(35)12-10-20)19-25(37-30)21-17-27(46-2)29(48-4)28(18-21)47-3/h5-12,17-19H,13-16H2,1-4H3,(H3,36,37,38,39,40,41,42,43,50). The van der Waals surface area contributed by atoms with Crippen LogP contribution in [0.1, 0.15) is 0 Å². The Morgan fingerprint density at radius 3 is 1.98 bits per heavy atom. The maximum Gasteiger partial charge on any atom is 0.236 e. The van der Waals surface area contributed by atoms with Gasteiger partial charge in [-0.2, -0.15) is 15.0 Å². The van der Waals surface area contributed by atoms with E-state index in [1.165, 1.54) is 0 Å². The predicted octanol–water partition coefficient (Wildman–Crippen LogP) is 6.07. The molecule has 14 nitrogen and oxygen atoms in total. The fourth-order valence-electron chi connectivity index (χ4n) is 5.13. The van der Waals surface area contributed by atoms with Crippen LogP contribution >= 0.6 is 23.8 Å². The Bertz CT molecular complexity index is 1960. The van der Waals surface area contributed by atoms with Crippen LogP contribution in [0.2, 0.25) is 5.02 Å². The smallest absolute Gasteiger partial charge is 0.236 e. The number of nitrogens with one attached hydrogen (secondary N) is 3. The molecule has 0 aliphatic carbocycles. The van der Waals surface area contributed by atoms with Gasteiger partial charge in [-0.15, -0.1) is 0 Å². The van der Waals surface area contributed by atoms with Crippen molar-refractivity contribution in [1.82, 2.24) is 24.9 Å². The van der Waals surface area contributed by atoms with Crippen molar-refractivity contribution in [2.24, 2.45) is 0 Å². The first-order chi connectivity index (χ1) is 24.4. The summed E-state index contributed by atoms with van der Waals surface area (Å²) in [5.41, 5.74) is 3.37. The molecule has 1 saturated heterocycles. The van der Waals surface area contributed by atoms with E-state index in [2.05, 4.69) is 25.9 Å². The van der Waals surface area contributed by atoms with E-state index in [4.69, 9.17) is 62.5 Å². The molecule has 50 heavy (non-hydrogen) atoms. The van der Waals surface area contributed by atoms with Crippen LogP contribution in [-0.2, 0) is 4.74 Å². The van der Waals surface area contributed by atoms with Crippen LogP contribution in [0.4, 0.5) is 29.5 Å². The molecule has 3 N–H and O–H groups in total. The molecular formula is C34H34ClN9O5S. The zero-order chi connectivity index (χ0) is 35.0. The average Bonchev–Trinajstić information content (AvgIpc) is 3.14. The lowest BCUT2D eigenvalue weighted by Gasteiger charge is -2.27. The third-order valence-corrected chi connectivity index (χ3v) is 8.00. The van der Waals surface area contributed by atoms with Gasteiger partial charge in [-0.25, -0.2) is 9.97 Å². The van der Waals surface area contributed by atoms with E-state index in [0.717, 1.165) is 5.56 Å². The molecular weight excluding hydrogens is 682 g/mol. The molecule has 258 valence electrons. The topological polar surface area (TPSA) is 150 Å². The van der Waals surface area contributed by atoms with Crippen LogP contribution in [0.15, 0.2) is 66.7 Å². The predicted molar refractivity (Wildman–Crippen MR) is 197 cm³/mol. The number of thiocarbonyl (C=S) groups is 1. The lowest BCUT2D eigenvalue weighted by Crippen LogP contribution is -2.37. The highest BCUT2D eigenvalue weighted by Crippen LogP contribution is 2.41. The lowest BCUT2D eigenvalue weighted by atomic mass is 10.1. The first kappa shape index (κ1) is 34.4. The molecule has 0 radical (unpaired) electrons. The van der Waals surface area contributed by atoms with Crippen LogP contribution in [0.25, 0.3) is 22.5 Å². The summed E-state index contributed by atoms with van der Waals surface area (Å²) in [6.07, 6.45) is 0. The number of anilines is 5. The molecule has 0 amide bonds. The Morgan fingerprint density at radius 2 is 1.32 bits per heavy atom. The molecule has 16 heteroatoms. The molecule has 1 aliphatic heterocycles. The van der Waals surface area contributed by atoms with Crippen molar-refractivity contribution < 1.29 is 23.7 Å². The normalized spacial score (nSPS) is 12.5. The van der Waals surface area contributed by atoms with Gasteiger partial charge in [0.05, 0.1) is 58.7 Å². The van der Waals surface area contributed by atoms with Crippen LogP contribution in [0, 0.1) is 0 Å². The summed E-state index contributed by atoms with van der Waals surface area (Å²) < 4.78 is 27.8. The van der Waals surface area contributed by atoms with E-state index < -0.39 is 0 Å². The van der Waals surface area contributed by atoms with Crippen molar-refractivity contribution in [3.05, 3.63) is 71.8 Å². The Labute approximate surface area is 299 Å². The number of hydrogen-bond donors (Lipinski definition) is 3. The van der Waals surface area contributed by atoms with Crippen LogP contribution in [0.3, 0.4) is 0 Å². The van der Waals surface area contributed by atoms with Gasteiger partial charge in [0.25, 0.3) is 0 Å². The summed E-state index contributed by atoms with van der Waals surface area (Å²) in [5.74, 6) is 3.08. The first-order valence-electron chi connectivity index (χ1n) is 15.4. The summed E-state index contributed by atoms with van der Waals surface area (Å²) in [5, 5.41) is 10.3. The molecule has 6 rings (SSSR count). The number of rotatable bonds is 11. The van der Waals surface area contributed by atoms with Crippen LogP contribution in [0.5, 0.6) is 23.0 Å². The zero-order valence-electron chi connectivity index (χ0n) is 27.7. The van der Waals surface area contributed by atoms with Crippen LogP contribution < -0.4 is 39.8 Å². The third-order valence-electron chi connectivity index (χ3n) is 7.55. The molecule has 0 atom stereocenters. The quantitative estimate of drug-likeness (QED) is 0.136. The number of ether oxygens (including phenoxy) is 5. The summed E-state index contributed by atoms with van der Waals surface area (Å²) in [6, 6.07) is 20.3. The van der Waals surface area contributed by atoms with E-state index in [-0.39, 0.29) is 23.0 Å². The van der Waals surface area contributed by atoms with E-state index in [0.29, 0.717) is 82.9 Å². The molecule has 0 unspecified atom stereocenters. The largest absolute Gasteiger partial charge is 0.495 e. The molecule has 3 heterocycles. The maximum atomic E-state index is 6.21. The average molecular weight is 716 g/mol. The fraction of sp³-hybridized carbons (Fsp3) is 0.235. The molecule has 0 spiro atoms. The molecule has 1 aliphatic rings. The molecule has 0 bridgehead atoms. The van der Waals surface area contributed by atoms with Gasteiger partial charge in [0, 0.05) is 29.2 Å². The monoisotopic (exact) mass is 715 g/mol. The Kier molecular flexibility index (Phi) is 10.9. The zero-order valence-corrected chi connectivity index (χ0v) is 29.3. The number of halogens is 1. The van der Waals surface area contributed by atoms with Crippen LogP contribution in [-0.4, -0.2) is 84.8 Å². The Morgan fingerprint density at radius 1 is 0.700 bits per heavy atom. The second-order valence-corrected chi connectivity index (χ2v) is 11.5. The number of aromatic nitrogens is 5. The lowest BCUT2D eigenvalue weighted by molar-refractivity contribution is 0.122. The molecule has 5 aromatic rings.